The van der Waals surface area contributed by atoms with Crippen molar-refractivity contribution in [3.8, 4) is 0 Å². The van der Waals surface area contributed by atoms with Crippen LogP contribution in [0.1, 0.15) is 69.1 Å². The zero-order valence-electron chi connectivity index (χ0n) is 15.0. The number of hydrogen-bond donors (Lipinski definition) is 1. The van der Waals surface area contributed by atoms with Gasteiger partial charge in [0, 0.05) is 13.5 Å². The fourth-order valence-electron chi connectivity index (χ4n) is 7.74. The van der Waals surface area contributed by atoms with Crippen molar-refractivity contribution < 1.29 is 14.3 Å². The molecule has 3 heteroatoms. The molecule has 1 N–H and O–H groups in total. The lowest BCUT2D eigenvalue weighted by Crippen LogP contribution is -2.51. The van der Waals surface area contributed by atoms with Gasteiger partial charge in [-0.15, -0.1) is 0 Å². The van der Waals surface area contributed by atoms with E-state index < -0.39 is 5.60 Å². The molecule has 24 heavy (non-hydrogen) atoms. The lowest BCUT2D eigenvalue weighted by Gasteiger charge is -2.59. The monoisotopic (exact) mass is 330 g/mol. The number of aliphatic hydroxyl groups is 1. The Labute approximate surface area is 144 Å². The maximum absolute atomic E-state index is 11.3. The Morgan fingerprint density at radius 2 is 2.17 bits per heavy atom. The third-order valence-corrected chi connectivity index (χ3v) is 8.58. The van der Waals surface area contributed by atoms with Crippen molar-refractivity contribution in [1.29, 1.82) is 0 Å². The highest BCUT2D eigenvalue weighted by Crippen LogP contribution is 2.71. The fraction of sp³-hybridized carbons (Fsp3) is 0.810. The predicted molar refractivity (Wildman–Crippen MR) is 91.8 cm³/mol. The molecule has 3 nitrogen and oxygen atoms in total. The van der Waals surface area contributed by atoms with E-state index >= 15 is 0 Å². The molecule has 0 amide bonds. The molecular weight excluding hydrogens is 300 g/mol. The predicted octanol–water partition coefficient (Wildman–Crippen LogP) is 4.29. The highest BCUT2D eigenvalue weighted by molar-refractivity contribution is 5.31. The van der Waals surface area contributed by atoms with E-state index in [-0.39, 0.29) is 0 Å². The van der Waals surface area contributed by atoms with Gasteiger partial charge in [0.05, 0.1) is 18.5 Å². The molecule has 1 heterocycles. The summed E-state index contributed by atoms with van der Waals surface area (Å²) in [4.78, 5) is 0. The van der Waals surface area contributed by atoms with E-state index in [1.807, 2.05) is 6.26 Å². The summed E-state index contributed by atoms with van der Waals surface area (Å²) >= 11 is 0. The quantitative estimate of drug-likeness (QED) is 0.879. The largest absolute Gasteiger partial charge is 0.469 e. The van der Waals surface area contributed by atoms with Crippen molar-refractivity contribution in [2.45, 2.75) is 69.8 Å². The zero-order chi connectivity index (χ0) is 16.6. The lowest BCUT2D eigenvalue weighted by atomic mass is 9.45. The van der Waals surface area contributed by atoms with Gasteiger partial charge in [-0.2, -0.15) is 0 Å². The summed E-state index contributed by atoms with van der Waals surface area (Å²) < 4.78 is 11.2. The van der Waals surface area contributed by atoms with Gasteiger partial charge >= 0.3 is 0 Å². The molecule has 0 unspecified atom stereocenters. The van der Waals surface area contributed by atoms with E-state index in [1.54, 1.807) is 7.11 Å². The summed E-state index contributed by atoms with van der Waals surface area (Å²) in [5.74, 6) is 3.09. The van der Waals surface area contributed by atoms with Crippen LogP contribution in [-0.4, -0.2) is 24.4 Å². The number of aryl methyl sites for hydroxylation is 1. The highest BCUT2D eigenvalue weighted by Gasteiger charge is 2.65. The number of hydrogen-bond acceptors (Lipinski definition) is 3. The smallest absolute Gasteiger partial charge is 0.107 e. The molecule has 1 aromatic rings. The number of fused-ring (bicyclic) bond motifs is 5. The van der Waals surface area contributed by atoms with Crippen LogP contribution in [0.15, 0.2) is 16.7 Å². The van der Waals surface area contributed by atoms with Gasteiger partial charge in [-0.3, -0.25) is 0 Å². The third-order valence-electron chi connectivity index (χ3n) is 8.58. The summed E-state index contributed by atoms with van der Waals surface area (Å²) in [5, 5.41) is 11.3. The van der Waals surface area contributed by atoms with E-state index in [1.165, 1.54) is 49.8 Å². The normalized spacial score (nSPS) is 49.4. The molecule has 4 aliphatic rings. The van der Waals surface area contributed by atoms with Crippen LogP contribution in [0.5, 0.6) is 0 Å². The van der Waals surface area contributed by atoms with Crippen LogP contribution >= 0.6 is 0 Å². The van der Waals surface area contributed by atoms with Gasteiger partial charge in [0.15, 0.2) is 0 Å². The van der Waals surface area contributed by atoms with Gasteiger partial charge in [0.2, 0.25) is 0 Å². The van der Waals surface area contributed by atoms with Crippen LogP contribution < -0.4 is 0 Å². The van der Waals surface area contributed by atoms with E-state index in [9.17, 15) is 5.11 Å². The highest BCUT2D eigenvalue weighted by atomic mass is 16.5. The molecule has 1 aromatic heterocycles. The number of ether oxygens (including phenoxy) is 1. The van der Waals surface area contributed by atoms with Gasteiger partial charge < -0.3 is 14.3 Å². The molecule has 6 atom stereocenters. The second-order valence-electron chi connectivity index (χ2n) is 9.50. The second kappa shape index (κ2) is 4.88. The average molecular weight is 330 g/mol. The summed E-state index contributed by atoms with van der Waals surface area (Å²) in [6, 6.07) is 2.23. The van der Waals surface area contributed by atoms with Crippen LogP contribution in [0, 0.1) is 22.7 Å². The van der Waals surface area contributed by atoms with Gasteiger partial charge in [-0.05, 0) is 85.2 Å². The molecule has 132 valence electrons. The van der Waals surface area contributed by atoms with E-state index in [0.717, 1.165) is 18.8 Å². The Bertz CT molecular complexity index is 651. The molecule has 0 aliphatic heterocycles. The number of furan rings is 1. The maximum Gasteiger partial charge on any atom is 0.107 e. The van der Waals surface area contributed by atoms with Crippen molar-refractivity contribution in [3.05, 3.63) is 23.7 Å². The average Bonchev–Trinajstić information content (AvgIpc) is 3.09. The molecule has 3 fully saturated rings. The first-order valence-electron chi connectivity index (χ1n) is 9.78. The fourth-order valence-corrected chi connectivity index (χ4v) is 7.74. The van der Waals surface area contributed by atoms with Crippen LogP contribution in [0.4, 0.5) is 0 Å². The molecule has 4 aliphatic carbocycles. The molecule has 1 spiro atoms. The number of methoxy groups -OCH3 is 1. The van der Waals surface area contributed by atoms with Gasteiger partial charge in [-0.1, -0.05) is 6.92 Å². The van der Waals surface area contributed by atoms with Gasteiger partial charge in [0.25, 0.3) is 0 Å². The van der Waals surface area contributed by atoms with Crippen molar-refractivity contribution in [2.24, 2.45) is 22.7 Å². The first kappa shape index (κ1) is 15.5. The Morgan fingerprint density at radius 3 is 3.00 bits per heavy atom. The standard InChI is InChI=1S/C21H30O3/c1-19-8-6-17-15(7-10-24-17)16(19)5-9-20-11-14(3-4-18(19)20)21(22,12-20)13-23-2/h7,10,14,16,18,22H,3-6,8-9,11-13H2,1-2H3/t14-,16-,18+,19-,20+,21+/m1/s1. The number of rotatable bonds is 2. The molecule has 0 aromatic carbocycles. The Morgan fingerprint density at radius 1 is 1.29 bits per heavy atom. The molecular formula is C21H30O3. The summed E-state index contributed by atoms with van der Waals surface area (Å²) in [6.07, 6.45) is 11.4. The third kappa shape index (κ3) is 1.81. The molecule has 3 saturated carbocycles. The van der Waals surface area contributed by atoms with Crippen LogP contribution in [-0.2, 0) is 11.2 Å². The van der Waals surface area contributed by atoms with Crippen LogP contribution in [0.3, 0.4) is 0 Å². The SMILES string of the molecule is COC[C@@]1(O)C[C@@]23CC[C@@H]4c5ccoc5CC[C@@]4(C)[C@@H]2CC[C@@H]1C3. The first-order valence-corrected chi connectivity index (χ1v) is 9.78. The maximum atomic E-state index is 11.3. The van der Waals surface area contributed by atoms with Gasteiger partial charge in [-0.25, -0.2) is 0 Å². The van der Waals surface area contributed by atoms with Crippen molar-refractivity contribution in [1.82, 2.24) is 0 Å². The van der Waals surface area contributed by atoms with Crippen molar-refractivity contribution in [3.63, 3.8) is 0 Å². The second-order valence-corrected chi connectivity index (χ2v) is 9.50. The van der Waals surface area contributed by atoms with Crippen LogP contribution in [0.2, 0.25) is 0 Å². The zero-order valence-corrected chi connectivity index (χ0v) is 15.0. The summed E-state index contributed by atoms with van der Waals surface area (Å²) in [5.41, 5.74) is 1.63. The Kier molecular flexibility index (Phi) is 3.14. The van der Waals surface area contributed by atoms with E-state index in [2.05, 4.69) is 13.0 Å². The molecule has 0 radical (unpaired) electrons. The molecule has 5 rings (SSSR count). The summed E-state index contributed by atoms with van der Waals surface area (Å²) in [7, 11) is 1.73. The van der Waals surface area contributed by atoms with Crippen molar-refractivity contribution in [2.75, 3.05) is 13.7 Å². The van der Waals surface area contributed by atoms with E-state index in [4.69, 9.17) is 9.15 Å². The minimum Gasteiger partial charge on any atom is -0.469 e. The first-order chi connectivity index (χ1) is 11.5. The molecule has 0 saturated heterocycles. The summed E-state index contributed by atoms with van der Waals surface area (Å²) in [6.45, 7) is 3.06. The van der Waals surface area contributed by atoms with Gasteiger partial charge in [0.1, 0.15) is 5.76 Å². The van der Waals surface area contributed by atoms with Crippen molar-refractivity contribution >= 4 is 0 Å². The Balaban J connectivity index is 1.53. The minimum absolute atomic E-state index is 0.350. The molecule has 2 bridgehead atoms. The lowest BCUT2D eigenvalue weighted by molar-refractivity contribution is -0.0751. The minimum atomic E-state index is -0.581. The van der Waals surface area contributed by atoms with E-state index in [0.29, 0.717) is 29.3 Å². The Hall–Kier alpha value is -0.800. The topological polar surface area (TPSA) is 42.6 Å². The van der Waals surface area contributed by atoms with Crippen LogP contribution in [0.25, 0.3) is 0 Å².